The molecule has 0 amide bonds. The maximum Gasteiger partial charge on any atom is 0.130 e. The van der Waals surface area contributed by atoms with Crippen molar-refractivity contribution >= 4 is 0 Å². The third kappa shape index (κ3) is 4.85. The Labute approximate surface area is 227 Å². The summed E-state index contributed by atoms with van der Waals surface area (Å²) >= 11 is 0. The van der Waals surface area contributed by atoms with E-state index in [4.69, 9.17) is 9.47 Å². The summed E-state index contributed by atoms with van der Waals surface area (Å²) in [5.41, 5.74) is 8.04. The van der Waals surface area contributed by atoms with Crippen molar-refractivity contribution in [3.63, 3.8) is 0 Å². The molecule has 6 rings (SSSR count). The molecule has 4 aromatic rings. The van der Waals surface area contributed by atoms with Crippen molar-refractivity contribution in [3.8, 4) is 23.0 Å². The van der Waals surface area contributed by atoms with E-state index in [-0.39, 0.29) is 10.8 Å². The Hall–Kier alpha value is -3.52. The zero-order valence-corrected chi connectivity index (χ0v) is 23.1. The maximum absolute atomic E-state index is 6.43. The van der Waals surface area contributed by atoms with Gasteiger partial charge in [-0.2, -0.15) is 0 Å². The molecule has 2 aliphatic heterocycles. The predicted octanol–water partition coefficient (Wildman–Crippen LogP) is 9.50. The molecular weight excluding hydrogens is 464 g/mol. The number of benzene rings is 4. The molecule has 0 aliphatic carbocycles. The second-order valence-corrected chi connectivity index (χ2v) is 12.3. The Morgan fingerprint density at radius 3 is 1.55 bits per heavy atom. The summed E-state index contributed by atoms with van der Waals surface area (Å²) in [6.07, 6.45) is 6.27. The van der Waals surface area contributed by atoms with Crippen LogP contribution in [0.3, 0.4) is 0 Å². The molecule has 0 radical (unpaired) electrons. The number of para-hydroxylation sites is 2. The lowest BCUT2D eigenvalue weighted by Crippen LogP contribution is -2.24. The van der Waals surface area contributed by atoms with Crippen LogP contribution >= 0.6 is 0 Å². The fraction of sp³-hybridized carbons (Fsp3) is 0.333. The molecule has 2 aliphatic rings. The Bertz CT molecular complexity index is 1480. The largest absolute Gasteiger partial charge is 0.457 e. The number of ether oxygens (including phenoxy) is 2. The molecule has 0 spiro atoms. The highest BCUT2D eigenvalue weighted by molar-refractivity contribution is 5.49. The second-order valence-electron chi connectivity index (χ2n) is 12.3. The highest BCUT2D eigenvalue weighted by Gasteiger charge is 2.29. The molecule has 0 aromatic heterocycles. The molecule has 194 valence electrons. The number of hydrogen-bond donors (Lipinski definition) is 0. The van der Waals surface area contributed by atoms with E-state index in [2.05, 4.69) is 113 Å². The van der Waals surface area contributed by atoms with Crippen LogP contribution in [0.1, 0.15) is 73.9 Å². The number of aryl methyl sites for hydroxylation is 4. The Balaban J connectivity index is 1.19. The molecule has 0 bridgehead atoms. The van der Waals surface area contributed by atoms with Crippen LogP contribution in [0.5, 0.6) is 23.0 Å². The van der Waals surface area contributed by atoms with Gasteiger partial charge in [-0.15, -0.1) is 0 Å². The van der Waals surface area contributed by atoms with Crippen molar-refractivity contribution in [1.82, 2.24) is 0 Å². The van der Waals surface area contributed by atoms with Crippen molar-refractivity contribution in [1.29, 1.82) is 0 Å². The molecule has 2 heteroatoms. The Kier molecular flexibility index (Phi) is 6.30. The van der Waals surface area contributed by atoms with Gasteiger partial charge in [0, 0.05) is 0 Å². The minimum atomic E-state index is 0.0396. The van der Waals surface area contributed by atoms with Gasteiger partial charge in [-0.3, -0.25) is 0 Å². The maximum atomic E-state index is 6.43. The lowest BCUT2D eigenvalue weighted by Gasteiger charge is -2.33. The first-order valence-corrected chi connectivity index (χ1v) is 14.1. The third-order valence-electron chi connectivity index (χ3n) is 8.78. The summed E-state index contributed by atoms with van der Waals surface area (Å²) in [6.45, 7) is 9.51. The first-order valence-electron chi connectivity index (χ1n) is 14.1. The molecule has 4 aromatic carbocycles. The molecule has 2 nitrogen and oxygen atoms in total. The normalized spacial score (nSPS) is 14.5. The topological polar surface area (TPSA) is 18.5 Å². The molecule has 0 N–H and O–H groups in total. The fourth-order valence-electron chi connectivity index (χ4n) is 5.88. The second kappa shape index (κ2) is 9.66. The predicted molar refractivity (Wildman–Crippen MR) is 156 cm³/mol. The van der Waals surface area contributed by atoms with Gasteiger partial charge in [-0.1, -0.05) is 88.4 Å². The molecule has 38 heavy (non-hydrogen) atoms. The van der Waals surface area contributed by atoms with Gasteiger partial charge >= 0.3 is 0 Å². The van der Waals surface area contributed by atoms with Gasteiger partial charge in [-0.05, 0) is 107 Å². The van der Waals surface area contributed by atoms with E-state index in [9.17, 15) is 0 Å². The van der Waals surface area contributed by atoms with Gasteiger partial charge in [0.05, 0.1) is 0 Å². The van der Waals surface area contributed by atoms with Gasteiger partial charge in [0.15, 0.2) is 0 Å². The molecule has 2 heterocycles. The van der Waals surface area contributed by atoms with Crippen molar-refractivity contribution < 1.29 is 9.47 Å². The summed E-state index contributed by atoms with van der Waals surface area (Å²) in [4.78, 5) is 0. The molecular formula is C36H38O2. The van der Waals surface area contributed by atoms with E-state index >= 15 is 0 Å². The molecule has 0 unspecified atom stereocenters. The van der Waals surface area contributed by atoms with Gasteiger partial charge in [0.2, 0.25) is 0 Å². The average Bonchev–Trinajstić information content (AvgIpc) is 3.23. The van der Waals surface area contributed by atoms with Crippen LogP contribution < -0.4 is 9.47 Å². The number of fused-ring (bicyclic) bond motifs is 4. The van der Waals surface area contributed by atoms with Crippen molar-refractivity contribution in [2.45, 2.75) is 77.0 Å². The zero-order chi connectivity index (χ0) is 26.3. The quantitative estimate of drug-likeness (QED) is 0.270. The summed E-state index contributed by atoms with van der Waals surface area (Å²) in [7, 11) is 0. The first kappa shape index (κ1) is 24.8. The van der Waals surface area contributed by atoms with Crippen molar-refractivity contribution in [2.75, 3.05) is 0 Å². The molecule has 0 saturated carbocycles. The van der Waals surface area contributed by atoms with Crippen molar-refractivity contribution in [3.05, 3.63) is 118 Å². The molecule has 0 atom stereocenters. The SMILES string of the molecule is CC(C)(CCC(C)(C)c1ccc2c(c1)Oc1ccccc1CC2)c1ccc2c(c1)CCc1ccccc1O2. The number of rotatable bonds is 5. The van der Waals surface area contributed by atoms with Crippen LogP contribution in [-0.2, 0) is 36.5 Å². The van der Waals surface area contributed by atoms with Crippen LogP contribution in [0.25, 0.3) is 0 Å². The van der Waals surface area contributed by atoms with Crippen LogP contribution in [0.2, 0.25) is 0 Å². The third-order valence-corrected chi connectivity index (χ3v) is 8.78. The minimum Gasteiger partial charge on any atom is -0.457 e. The van der Waals surface area contributed by atoms with Crippen LogP contribution in [0.4, 0.5) is 0 Å². The Morgan fingerprint density at radius 2 is 0.921 bits per heavy atom. The Morgan fingerprint density at radius 1 is 0.474 bits per heavy atom. The van der Waals surface area contributed by atoms with E-state index in [0.717, 1.165) is 61.5 Å². The zero-order valence-electron chi connectivity index (χ0n) is 23.1. The van der Waals surface area contributed by atoms with E-state index in [1.165, 1.54) is 33.4 Å². The number of hydrogen-bond acceptors (Lipinski definition) is 2. The first-order chi connectivity index (χ1) is 18.3. The summed E-state index contributed by atoms with van der Waals surface area (Å²) < 4.78 is 12.7. The van der Waals surface area contributed by atoms with Gasteiger partial charge in [0.1, 0.15) is 23.0 Å². The molecule has 0 saturated heterocycles. The van der Waals surface area contributed by atoms with E-state index in [1.807, 2.05) is 0 Å². The summed E-state index contributed by atoms with van der Waals surface area (Å²) in [5, 5.41) is 0. The van der Waals surface area contributed by atoms with Gasteiger partial charge < -0.3 is 9.47 Å². The van der Waals surface area contributed by atoms with Gasteiger partial charge in [0.25, 0.3) is 0 Å². The lowest BCUT2D eigenvalue weighted by molar-refractivity contribution is 0.373. The summed E-state index contributed by atoms with van der Waals surface area (Å²) in [5.74, 6) is 4.01. The van der Waals surface area contributed by atoms with Crippen LogP contribution in [0.15, 0.2) is 84.9 Å². The highest BCUT2D eigenvalue weighted by atomic mass is 16.5. The van der Waals surface area contributed by atoms with Crippen LogP contribution in [-0.4, -0.2) is 0 Å². The fourth-order valence-corrected chi connectivity index (χ4v) is 5.88. The van der Waals surface area contributed by atoms with E-state index < -0.39 is 0 Å². The van der Waals surface area contributed by atoms with E-state index in [0.29, 0.717) is 0 Å². The lowest BCUT2D eigenvalue weighted by atomic mass is 9.72. The standard InChI is InChI=1S/C36H38O2/c1-35(2,29-19-20-33-28(23-29)16-15-26-10-5-7-11-31(26)37-33)21-22-36(3,4)30-18-17-27-14-13-25-9-6-8-12-32(25)38-34(27)24-30/h5-12,17-20,23-24H,13-16,21-22H2,1-4H3. The van der Waals surface area contributed by atoms with Gasteiger partial charge in [-0.25, -0.2) is 0 Å². The minimum absolute atomic E-state index is 0.0396. The van der Waals surface area contributed by atoms with Crippen LogP contribution in [0, 0.1) is 0 Å². The molecule has 0 fully saturated rings. The van der Waals surface area contributed by atoms with E-state index in [1.54, 1.807) is 0 Å². The monoisotopic (exact) mass is 502 g/mol. The smallest absolute Gasteiger partial charge is 0.130 e. The highest BCUT2D eigenvalue weighted by Crippen LogP contribution is 2.42. The summed E-state index contributed by atoms with van der Waals surface area (Å²) in [6, 6.07) is 30.6. The van der Waals surface area contributed by atoms with Crippen molar-refractivity contribution in [2.24, 2.45) is 0 Å². The average molecular weight is 503 g/mol.